The summed E-state index contributed by atoms with van der Waals surface area (Å²) in [6.45, 7) is 0. The van der Waals surface area contributed by atoms with Crippen LogP contribution in [0.15, 0.2) is 24.4 Å². The van der Waals surface area contributed by atoms with Crippen molar-refractivity contribution in [2.45, 2.75) is 44.6 Å². The normalized spacial score (nSPS) is 37.9. The minimum absolute atomic E-state index is 0.319. The van der Waals surface area contributed by atoms with E-state index in [1.54, 1.807) is 0 Å². The van der Waals surface area contributed by atoms with Crippen LogP contribution in [0, 0.1) is 11.8 Å². The first-order chi connectivity index (χ1) is 7.86. The van der Waals surface area contributed by atoms with Gasteiger partial charge in [-0.05, 0) is 30.8 Å². The Hall–Kier alpha value is -1.05. The van der Waals surface area contributed by atoms with Gasteiger partial charge in [0.05, 0.1) is 6.04 Å². The van der Waals surface area contributed by atoms with E-state index in [0.717, 1.165) is 18.8 Å². The van der Waals surface area contributed by atoms with Crippen molar-refractivity contribution in [3.63, 3.8) is 0 Å². The van der Waals surface area contributed by atoms with Crippen LogP contribution < -0.4 is 0 Å². The second kappa shape index (κ2) is 4.08. The van der Waals surface area contributed by atoms with Gasteiger partial charge in [0.25, 0.3) is 0 Å². The zero-order chi connectivity index (χ0) is 11.0. The molecule has 1 saturated heterocycles. The second-order valence-corrected chi connectivity index (χ2v) is 5.27. The maximum atomic E-state index is 12.0. The Morgan fingerprint density at radius 1 is 1.12 bits per heavy atom. The molecule has 1 aliphatic carbocycles. The third-order valence-corrected chi connectivity index (χ3v) is 4.41. The molecule has 0 bridgehead atoms. The zero-order valence-electron chi connectivity index (χ0n) is 9.64. The molecule has 0 aromatic rings. The standard InChI is InChI=1S/C14H19NO/c16-14-9-8-11-5-1-2-6-12(11)13-7-3-4-10-15(13)14/h3-4,7,10-13H,1-2,5-6,8-9H2. The minimum Gasteiger partial charge on any atom is -0.312 e. The summed E-state index contributed by atoms with van der Waals surface area (Å²) in [7, 11) is 0. The first kappa shape index (κ1) is 10.1. The van der Waals surface area contributed by atoms with Gasteiger partial charge >= 0.3 is 0 Å². The molecule has 0 aromatic carbocycles. The maximum Gasteiger partial charge on any atom is 0.227 e. The monoisotopic (exact) mass is 217 g/mol. The number of carbonyl (C=O) groups excluding carboxylic acids is 1. The lowest BCUT2D eigenvalue weighted by Gasteiger charge is -2.38. The Labute approximate surface area is 97.0 Å². The summed E-state index contributed by atoms with van der Waals surface area (Å²) in [5.41, 5.74) is 0. The van der Waals surface area contributed by atoms with Crippen LogP contribution in [0.3, 0.4) is 0 Å². The molecule has 2 nitrogen and oxygen atoms in total. The van der Waals surface area contributed by atoms with E-state index in [2.05, 4.69) is 12.2 Å². The van der Waals surface area contributed by atoms with E-state index in [0.29, 0.717) is 17.9 Å². The van der Waals surface area contributed by atoms with E-state index in [4.69, 9.17) is 0 Å². The first-order valence-electron chi connectivity index (χ1n) is 6.52. The quantitative estimate of drug-likeness (QED) is 0.611. The van der Waals surface area contributed by atoms with Crippen LogP contribution in [0.2, 0.25) is 0 Å². The van der Waals surface area contributed by atoms with Crippen molar-refractivity contribution in [1.82, 2.24) is 4.90 Å². The largest absolute Gasteiger partial charge is 0.312 e. The SMILES string of the molecule is O=C1CCC2CCCCC2C2C=CC=CN12. The fourth-order valence-electron chi connectivity index (χ4n) is 3.59. The zero-order valence-corrected chi connectivity index (χ0v) is 9.64. The molecule has 3 aliphatic rings. The van der Waals surface area contributed by atoms with E-state index in [-0.39, 0.29) is 0 Å². The molecule has 2 aliphatic heterocycles. The van der Waals surface area contributed by atoms with Crippen LogP contribution in [0.5, 0.6) is 0 Å². The van der Waals surface area contributed by atoms with E-state index in [1.807, 2.05) is 17.2 Å². The topological polar surface area (TPSA) is 20.3 Å². The molecule has 3 unspecified atom stereocenters. The highest BCUT2D eigenvalue weighted by Crippen LogP contribution is 2.40. The smallest absolute Gasteiger partial charge is 0.227 e. The number of nitrogens with zero attached hydrogens (tertiary/aromatic N) is 1. The Balaban J connectivity index is 1.91. The average Bonchev–Trinajstić information content (AvgIpc) is 2.49. The molecule has 1 saturated carbocycles. The second-order valence-electron chi connectivity index (χ2n) is 5.27. The summed E-state index contributed by atoms with van der Waals surface area (Å²) in [4.78, 5) is 14.0. The molecule has 0 N–H and O–H groups in total. The fraction of sp³-hybridized carbons (Fsp3) is 0.643. The van der Waals surface area contributed by atoms with E-state index < -0.39 is 0 Å². The molecule has 2 heteroatoms. The molecule has 0 radical (unpaired) electrons. The van der Waals surface area contributed by atoms with Gasteiger partial charge in [-0.25, -0.2) is 0 Å². The van der Waals surface area contributed by atoms with Gasteiger partial charge in [-0.3, -0.25) is 4.79 Å². The van der Waals surface area contributed by atoms with Gasteiger partial charge in [-0.2, -0.15) is 0 Å². The Kier molecular flexibility index (Phi) is 2.58. The highest BCUT2D eigenvalue weighted by Gasteiger charge is 2.38. The molecule has 3 atom stereocenters. The third-order valence-electron chi connectivity index (χ3n) is 4.41. The van der Waals surface area contributed by atoms with Gasteiger partial charge in [-0.15, -0.1) is 0 Å². The van der Waals surface area contributed by atoms with Crippen molar-refractivity contribution in [3.05, 3.63) is 24.4 Å². The van der Waals surface area contributed by atoms with Gasteiger partial charge in [0.2, 0.25) is 5.91 Å². The van der Waals surface area contributed by atoms with Crippen molar-refractivity contribution in [1.29, 1.82) is 0 Å². The Morgan fingerprint density at radius 2 is 2.00 bits per heavy atom. The van der Waals surface area contributed by atoms with Gasteiger partial charge in [0.1, 0.15) is 0 Å². The Morgan fingerprint density at radius 3 is 2.94 bits per heavy atom. The van der Waals surface area contributed by atoms with Gasteiger partial charge < -0.3 is 4.90 Å². The van der Waals surface area contributed by atoms with Crippen LogP contribution in [0.25, 0.3) is 0 Å². The molecule has 2 heterocycles. The first-order valence-corrected chi connectivity index (χ1v) is 6.52. The van der Waals surface area contributed by atoms with Crippen LogP contribution in [-0.2, 0) is 4.79 Å². The molecular formula is C14H19NO. The highest BCUT2D eigenvalue weighted by molar-refractivity contribution is 5.78. The average molecular weight is 217 g/mol. The van der Waals surface area contributed by atoms with Crippen molar-refractivity contribution >= 4 is 5.91 Å². The molecular weight excluding hydrogens is 198 g/mol. The summed E-state index contributed by atoms with van der Waals surface area (Å²) in [5, 5.41) is 0. The van der Waals surface area contributed by atoms with E-state index in [9.17, 15) is 4.79 Å². The molecule has 86 valence electrons. The summed E-state index contributed by atoms with van der Waals surface area (Å²) in [6.07, 6.45) is 15.5. The summed E-state index contributed by atoms with van der Waals surface area (Å²) >= 11 is 0. The van der Waals surface area contributed by atoms with Crippen LogP contribution >= 0.6 is 0 Å². The predicted molar refractivity (Wildman–Crippen MR) is 63.6 cm³/mol. The van der Waals surface area contributed by atoms with Crippen LogP contribution in [0.1, 0.15) is 38.5 Å². The molecule has 1 amide bonds. The van der Waals surface area contributed by atoms with E-state index in [1.165, 1.54) is 25.7 Å². The molecule has 3 rings (SSSR count). The number of amides is 1. The Bertz CT molecular complexity index is 345. The van der Waals surface area contributed by atoms with Crippen molar-refractivity contribution in [3.8, 4) is 0 Å². The number of hydrogen-bond acceptors (Lipinski definition) is 1. The van der Waals surface area contributed by atoms with Crippen molar-refractivity contribution in [2.24, 2.45) is 11.8 Å². The van der Waals surface area contributed by atoms with Gasteiger partial charge in [0.15, 0.2) is 0 Å². The number of hydrogen-bond donors (Lipinski definition) is 0. The number of allylic oxidation sites excluding steroid dienone is 2. The van der Waals surface area contributed by atoms with Crippen molar-refractivity contribution in [2.75, 3.05) is 0 Å². The highest BCUT2D eigenvalue weighted by atomic mass is 16.2. The summed E-state index contributed by atoms with van der Waals surface area (Å²) in [5.74, 6) is 1.81. The van der Waals surface area contributed by atoms with Crippen LogP contribution in [0.4, 0.5) is 0 Å². The number of carbonyl (C=O) groups is 1. The fourth-order valence-corrected chi connectivity index (χ4v) is 3.59. The molecule has 0 aromatic heterocycles. The number of rotatable bonds is 0. The lowest BCUT2D eigenvalue weighted by atomic mass is 9.73. The van der Waals surface area contributed by atoms with Crippen molar-refractivity contribution < 1.29 is 4.79 Å². The molecule has 2 fully saturated rings. The maximum absolute atomic E-state index is 12.0. The third kappa shape index (κ3) is 1.60. The lowest BCUT2D eigenvalue weighted by Crippen LogP contribution is -2.41. The molecule has 0 spiro atoms. The summed E-state index contributed by atoms with van der Waals surface area (Å²) in [6, 6.07) is 0.352. The summed E-state index contributed by atoms with van der Waals surface area (Å²) < 4.78 is 0. The van der Waals surface area contributed by atoms with E-state index >= 15 is 0 Å². The number of fused-ring (bicyclic) bond motifs is 3. The van der Waals surface area contributed by atoms with Gasteiger partial charge in [0, 0.05) is 12.6 Å². The van der Waals surface area contributed by atoms with Gasteiger partial charge in [-0.1, -0.05) is 31.4 Å². The molecule has 16 heavy (non-hydrogen) atoms. The predicted octanol–water partition coefficient (Wildman–Crippen LogP) is 2.87. The lowest BCUT2D eigenvalue weighted by molar-refractivity contribution is -0.129. The van der Waals surface area contributed by atoms with Crippen LogP contribution in [-0.4, -0.2) is 16.8 Å². The minimum atomic E-state index is 0.319.